The Kier molecular flexibility index (Phi) is 5.51. The molecule has 1 aliphatic carbocycles. The predicted octanol–water partition coefficient (Wildman–Crippen LogP) is 4.13. The van der Waals surface area contributed by atoms with Gasteiger partial charge in [-0.05, 0) is 43.2 Å². The van der Waals surface area contributed by atoms with E-state index in [-0.39, 0.29) is 23.6 Å². The molecule has 0 atom stereocenters. The highest BCUT2D eigenvalue weighted by Crippen LogP contribution is 2.33. The lowest BCUT2D eigenvalue weighted by Crippen LogP contribution is -2.36. The van der Waals surface area contributed by atoms with Crippen LogP contribution in [0.15, 0.2) is 48.2 Å². The van der Waals surface area contributed by atoms with Gasteiger partial charge < -0.3 is 20.1 Å². The first-order valence-corrected chi connectivity index (χ1v) is 9.93. The molecule has 1 fully saturated rings. The molecule has 4 rings (SSSR count). The van der Waals surface area contributed by atoms with Crippen molar-refractivity contribution < 1.29 is 19.1 Å². The molecule has 1 aliphatic heterocycles. The lowest BCUT2D eigenvalue weighted by molar-refractivity contribution is -0.115. The minimum atomic E-state index is -0.367. The molecule has 0 saturated heterocycles. The second-order valence-electron chi connectivity index (χ2n) is 7.33. The smallest absolute Gasteiger partial charge is 0.291 e. The molecular weight excluding hydrogens is 368 g/mol. The van der Waals surface area contributed by atoms with Gasteiger partial charge in [0.05, 0.1) is 12.8 Å². The number of para-hydroxylation sites is 1. The molecule has 0 bridgehead atoms. The second-order valence-corrected chi connectivity index (χ2v) is 7.33. The van der Waals surface area contributed by atoms with Crippen LogP contribution in [-0.2, 0) is 4.79 Å². The third-order valence-electron chi connectivity index (χ3n) is 5.30. The maximum atomic E-state index is 12.6. The van der Waals surface area contributed by atoms with E-state index in [4.69, 9.17) is 9.47 Å². The van der Waals surface area contributed by atoms with E-state index in [0.29, 0.717) is 22.7 Å². The Bertz CT molecular complexity index is 961. The number of anilines is 1. The van der Waals surface area contributed by atoms with Crippen LogP contribution in [0.4, 0.5) is 5.69 Å². The summed E-state index contributed by atoms with van der Waals surface area (Å²) >= 11 is 0. The number of nitrogens with one attached hydrogen (secondary N) is 2. The van der Waals surface area contributed by atoms with Crippen molar-refractivity contribution in [2.24, 2.45) is 0 Å². The summed E-state index contributed by atoms with van der Waals surface area (Å²) in [5, 5.41) is 5.90. The quantitative estimate of drug-likeness (QED) is 0.767. The van der Waals surface area contributed by atoms with Crippen molar-refractivity contribution >= 4 is 23.6 Å². The fourth-order valence-electron chi connectivity index (χ4n) is 3.74. The molecule has 2 aromatic carbocycles. The number of carbonyl (C=O) groups is 2. The van der Waals surface area contributed by atoms with Gasteiger partial charge in [-0.15, -0.1) is 0 Å². The molecule has 0 radical (unpaired) electrons. The minimum Gasteiger partial charge on any atom is -0.496 e. The zero-order chi connectivity index (χ0) is 20.2. The third-order valence-corrected chi connectivity index (χ3v) is 5.30. The van der Waals surface area contributed by atoms with Crippen LogP contribution >= 0.6 is 0 Å². The van der Waals surface area contributed by atoms with Gasteiger partial charge in [0, 0.05) is 17.2 Å². The number of fused-ring (bicyclic) bond motifs is 1. The Morgan fingerprint density at radius 2 is 1.97 bits per heavy atom. The van der Waals surface area contributed by atoms with Crippen molar-refractivity contribution in [1.82, 2.24) is 5.32 Å². The molecular formula is C23H24N2O4. The Balaban J connectivity index is 1.52. The number of ether oxygens (including phenoxy) is 2. The van der Waals surface area contributed by atoms with Gasteiger partial charge in [-0.1, -0.05) is 37.5 Å². The Hall–Kier alpha value is -3.28. The topological polar surface area (TPSA) is 76.7 Å². The number of carbonyl (C=O) groups excluding carboxylic acids is 2. The standard InChI is InChI=1S/C23H24N2O4/c1-28-19-10-6-5-7-15(19)14-21-23(27)25-18-13-16(11-12-20(18)29-21)22(26)24-17-8-3-2-4-9-17/h5-7,10-14,17H,2-4,8-9H2,1H3,(H,24,26)(H,25,27)/b21-14+. The summed E-state index contributed by atoms with van der Waals surface area (Å²) in [4.78, 5) is 25.1. The number of rotatable bonds is 4. The highest BCUT2D eigenvalue weighted by molar-refractivity contribution is 6.09. The number of amides is 2. The van der Waals surface area contributed by atoms with Gasteiger partial charge >= 0.3 is 0 Å². The Morgan fingerprint density at radius 3 is 2.76 bits per heavy atom. The van der Waals surface area contributed by atoms with E-state index in [9.17, 15) is 9.59 Å². The van der Waals surface area contributed by atoms with Gasteiger partial charge in [-0.25, -0.2) is 0 Å². The van der Waals surface area contributed by atoms with Crippen molar-refractivity contribution in [2.75, 3.05) is 12.4 Å². The van der Waals surface area contributed by atoms with E-state index in [0.717, 1.165) is 31.2 Å². The number of hydrogen-bond donors (Lipinski definition) is 2. The largest absolute Gasteiger partial charge is 0.496 e. The van der Waals surface area contributed by atoms with Crippen molar-refractivity contribution in [2.45, 2.75) is 38.1 Å². The highest BCUT2D eigenvalue weighted by Gasteiger charge is 2.24. The van der Waals surface area contributed by atoms with E-state index < -0.39 is 0 Å². The van der Waals surface area contributed by atoms with E-state index >= 15 is 0 Å². The average molecular weight is 392 g/mol. The van der Waals surface area contributed by atoms with Crippen LogP contribution < -0.4 is 20.1 Å². The molecule has 1 saturated carbocycles. The highest BCUT2D eigenvalue weighted by atomic mass is 16.5. The molecule has 150 valence electrons. The van der Waals surface area contributed by atoms with Crippen LogP contribution in [0.25, 0.3) is 6.08 Å². The normalized spacial score (nSPS) is 17.8. The Morgan fingerprint density at radius 1 is 1.17 bits per heavy atom. The maximum Gasteiger partial charge on any atom is 0.291 e. The zero-order valence-electron chi connectivity index (χ0n) is 16.4. The molecule has 6 nitrogen and oxygen atoms in total. The number of benzene rings is 2. The maximum absolute atomic E-state index is 12.6. The average Bonchev–Trinajstić information content (AvgIpc) is 2.75. The molecule has 0 unspecified atom stereocenters. The fraction of sp³-hybridized carbons (Fsp3) is 0.304. The molecule has 1 heterocycles. The van der Waals surface area contributed by atoms with Crippen LogP contribution in [0.2, 0.25) is 0 Å². The summed E-state index contributed by atoms with van der Waals surface area (Å²) in [5.41, 5.74) is 1.74. The summed E-state index contributed by atoms with van der Waals surface area (Å²) in [6.45, 7) is 0. The summed E-state index contributed by atoms with van der Waals surface area (Å²) < 4.78 is 11.1. The first-order chi connectivity index (χ1) is 14.1. The lowest BCUT2D eigenvalue weighted by atomic mass is 9.95. The van der Waals surface area contributed by atoms with E-state index in [1.807, 2.05) is 24.3 Å². The molecule has 29 heavy (non-hydrogen) atoms. The van der Waals surface area contributed by atoms with Crippen molar-refractivity contribution in [1.29, 1.82) is 0 Å². The van der Waals surface area contributed by atoms with E-state index in [2.05, 4.69) is 10.6 Å². The number of hydrogen-bond acceptors (Lipinski definition) is 4. The van der Waals surface area contributed by atoms with Gasteiger partial charge in [0.15, 0.2) is 11.5 Å². The summed E-state index contributed by atoms with van der Waals surface area (Å²) in [5.74, 6) is 0.829. The van der Waals surface area contributed by atoms with Crippen LogP contribution in [0, 0.1) is 0 Å². The molecule has 2 amide bonds. The molecule has 0 spiro atoms. The Labute approximate surface area is 169 Å². The molecule has 0 aromatic heterocycles. The molecule has 2 N–H and O–H groups in total. The van der Waals surface area contributed by atoms with Gasteiger partial charge in [0.25, 0.3) is 11.8 Å². The number of methoxy groups -OCH3 is 1. The molecule has 2 aromatic rings. The molecule has 6 heteroatoms. The van der Waals surface area contributed by atoms with E-state index in [1.165, 1.54) is 6.42 Å². The summed E-state index contributed by atoms with van der Waals surface area (Å²) in [6, 6.07) is 12.7. The van der Waals surface area contributed by atoms with Crippen molar-refractivity contribution in [3.63, 3.8) is 0 Å². The first kappa shape index (κ1) is 19.1. The van der Waals surface area contributed by atoms with Crippen molar-refractivity contribution in [3.05, 3.63) is 59.4 Å². The lowest BCUT2D eigenvalue weighted by Gasteiger charge is -2.24. The van der Waals surface area contributed by atoms with Crippen LogP contribution in [0.1, 0.15) is 48.0 Å². The predicted molar refractivity (Wildman–Crippen MR) is 111 cm³/mol. The fourth-order valence-corrected chi connectivity index (χ4v) is 3.74. The zero-order valence-corrected chi connectivity index (χ0v) is 16.4. The minimum absolute atomic E-state index is 0.121. The second kappa shape index (κ2) is 8.39. The van der Waals surface area contributed by atoms with Gasteiger partial charge in [0.2, 0.25) is 0 Å². The van der Waals surface area contributed by atoms with Crippen molar-refractivity contribution in [3.8, 4) is 11.5 Å². The first-order valence-electron chi connectivity index (χ1n) is 9.93. The summed E-state index contributed by atoms with van der Waals surface area (Å²) in [7, 11) is 1.58. The van der Waals surface area contributed by atoms with Crippen LogP contribution in [0.5, 0.6) is 11.5 Å². The monoisotopic (exact) mass is 392 g/mol. The van der Waals surface area contributed by atoms with Crippen LogP contribution in [-0.4, -0.2) is 25.0 Å². The van der Waals surface area contributed by atoms with Gasteiger partial charge in [0.1, 0.15) is 5.75 Å². The molecule has 2 aliphatic rings. The third kappa shape index (κ3) is 4.26. The van der Waals surface area contributed by atoms with Gasteiger partial charge in [-0.2, -0.15) is 0 Å². The van der Waals surface area contributed by atoms with Gasteiger partial charge in [-0.3, -0.25) is 9.59 Å². The van der Waals surface area contributed by atoms with E-state index in [1.54, 1.807) is 31.4 Å². The summed E-state index contributed by atoms with van der Waals surface area (Å²) in [6.07, 6.45) is 7.22. The SMILES string of the molecule is COc1ccccc1/C=C1/Oc2ccc(C(=O)NC3CCCCC3)cc2NC1=O. The van der Waals surface area contributed by atoms with Crippen LogP contribution in [0.3, 0.4) is 0 Å².